The maximum atomic E-state index is 12.9. The van der Waals surface area contributed by atoms with Gasteiger partial charge >= 0.3 is 6.09 Å². The minimum absolute atomic E-state index is 0.00000303. The van der Waals surface area contributed by atoms with Crippen LogP contribution in [-0.2, 0) is 16.0 Å². The summed E-state index contributed by atoms with van der Waals surface area (Å²) < 4.78 is 16.4. The minimum atomic E-state index is -0.661. The number of rotatable bonds is 6. The lowest BCUT2D eigenvalue weighted by Crippen LogP contribution is -2.47. The van der Waals surface area contributed by atoms with Gasteiger partial charge in [-0.1, -0.05) is 29.3 Å². The lowest BCUT2D eigenvalue weighted by molar-refractivity contribution is -0.133. The number of benzene rings is 2. The largest absolute Gasteiger partial charge is 0.495 e. The molecule has 0 unspecified atom stereocenters. The Morgan fingerprint density at radius 2 is 1.73 bits per heavy atom. The molecule has 1 fully saturated rings. The molecule has 2 aromatic carbocycles. The van der Waals surface area contributed by atoms with E-state index in [9.17, 15) is 9.59 Å². The Morgan fingerprint density at radius 1 is 1.07 bits per heavy atom. The number of carbonyl (C=O) groups is 2. The molecule has 4 rings (SSSR count). The van der Waals surface area contributed by atoms with Gasteiger partial charge in [0.2, 0.25) is 5.91 Å². The molecule has 1 saturated heterocycles. The summed E-state index contributed by atoms with van der Waals surface area (Å²) in [6.45, 7) is 5.81. The van der Waals surface area contributed by atoms with Gasteiger partial charge in [-0.2, -0.15) is 0 Å². The van der Waals surface area contributed by atoms with Gasteiger partial charge < -0.3 is 19.1 Å². The van der Waals surface area contributed by atoms with Gasteiger partial charge in [0.15, 0.2) is 0 Å². The van der Waals surface area contributed by atoms with E-state index in [1.165, 1.54) is 24.0 Å². The zero-order valence-corrected chi connectivity index (χ0v) is 25.3. The van der Waals surface area contributed by atoms with Crippen LogP contribution in [0.2, 0.25) is 10.0 Å². The van der Waals surface area contributed by atoms with Crippen molar-refractivity contribution in [1.29, 1.82) is 0 Å². The average Bonchev–Trinajstić information content (AvgIpc) is 3.31. The third-order valence-electron chi connectivity index (χ3n) is 6.70. The van der Waals surface area contributed by atoms with Crippen LogP contribution in [0.1, 0.15) is 33.0 Å². The monoisotopic (exact) mass is 588 g/mol. The number of fused-ring (bicyclic) bond motifs is 1. The molecule has 0 saturated carbocycles. The number of aromatic nitrogens is 2. The van der Waals surface area contributed by atoms with Crippen LogP contribution >= 0.6 is 23.2 Å². The fourth-order valence-corrected chi connectivity index (χ4v) is 5.57. The summed E-state index contributed by atoms with van der Waals surface area (Å²) >= 11 is 13.2. The van der Waals surface area contributed by atoms with E-state index in [0.29, 0.717) is 52.3 Å². The van der Waals surface area contributed by atoms with Gasteiger partial charge in [-0.3, -0.25) is 9.69 Å². The molecule has 214 valence electrons. The number of likely N-dealkylation sites (N-methyl/N-ethyl adjacent to an activating group) is 1. The highest BCUT2D eigenvalue weighted by atomic mass is 35.5. The first-order chi connectivity index (χ1) is 18.8. The molecule has 2 amide bonds. The number of hydrogen-bond donors (Lipinski definition) is 0. The maximum Gasteiger partial charge on any atom is 0.410 e. The van der Waals surface area contributed by atoms with Crippen LogP contribution in [0, 0.1) is 5.92 Å². The molecule has 11 heteroatoms. The second kappa shape index (κ2) is 11.7. The fraction of sp³-hybridized carbons (Fsp3) is 0.448. The highest BCUT2D eigenvalue weighted by Gasteiger charge is 2.42. The zero-order valence-electron chi connectivity index (χ0n) is 23.7. The van der Waals surface area contributed by atoms with Crippen molar-refractivity contribution in [2.45, 2.75) is 45.3 Å². The molecule has 0 N–H and O–H groups in total. The van der Waals surface area contributed by atoms with E-state index < -0.39 is 17.7 Å². The van der Waals surface area contributed by atoms with E-state index in [1.54, 1.807) is 26.4 Å². The third kappa shape index (κ3) is 6.20. The molecule has 0 aliphatic carbocycles. The summed E-state index contributed by atoms with van der Waals surface area (Å²) in [5.74, 6) is 1.40. The molecule has 2 atom stereocenters. The molecule has 9 nitrogen and oxygen atoms in total. The first-order valence-corrected chi connectivity index (χ1v) is 13.6. The van der Waals surface area contributed by atoms with Gasteiger partial charge in [0.05, 0.1) is 29.8 Å². The van der Waals surface area contributed by atoms with E-state index >= 15 is 0 Å². The van der Waals surface area contributed by atoms with Crippen LogP contribution in [-0.4, -0.2) is 78.3 Å². The molecule has 40 heavy (non-hydrogen) atoms. The standard InChI is InChI=1S/C29H34Cl2N4O5/c1-29(2,3)40-28(37)35-15-16(10-20(35)27(36)34(4)5)11-23-32-14-18-12-17(8-9-19(18)33-23)24-25(30)21(38-6)13-22(39-7)26(24)31/h8-9,12-14,16,20H,10-11,15H2,1-7H3/t16-,20+/m1/s1. The number of amides is 2. The predicted octanol–water partition coefficient (Wildman–Crippen LogP) is 5.88. The molecule has 1 aliphatic heterocycles. The van der Waals surface area contributed by atoms with Gasteiger partial charge in [0.25, 0.3) is 0 Å². The molecule has 0 bridgehead atoms. The highest BCUT2D eigenvalue weighted by molar-refractivity contribution is 6.41. The van der Waals surface area contributed by atoms with E-state index in [-0.39, 0.29) is 11.8 Å². The van der Waals surface area contributed by atoms with Crippen LogP contribution in [0.15, 0.2) is 30.5 Å². The third-order valence-corrected chi connectivity index (χ3v) is 7.46. The summed E-state index contributed by atoms with van der Waals surface area (Å²) in [5, 5.41) is 1.56. The molecule has 0 radical (unpaired) electrons. The summed E-state index contributed by atoms with van der Waals surface area (Å²) in [7, 11) is 6.44. The number of nitrogens with zero attached hydrogens (tertiary/aromatic N) is 4. The second-order valence-electron chi connectivity index (χ2n) is 11.0. The van der Waals surface area contributed by atoms with Crippen molar-refractivity contribution < 1.29 is 23.8 Å². The number of methoxy groups -OCH3 is 2. The molecule has 0 spiro atoms. The van der Waals surface area contributed by atoms with Crippen LogP contribution in [0.5, 0.6) is 11.5 Å². The Hall–Kier alpha value is -3.30. The Morgan fingerprint density at radius 3 is 2.30 bits per heavy atom. The normalized spacial score (nSPS) is 17.2. The van der Waals surface area contributed by atoms with Gasteiger partial charge in [-0.05, 0) is 50.8 Å². The maximum absolute atomic E-state index is 12.9. The Labute approximate surface area is 244 Å². The van der Waals surface area contributed by atoms with E-state index in [1.807, 2.05) is 39.0 Å². The lowest BCUT2D eigenvalue weighted by Gasteiger charge is -2.29. The Bertz CT molecular complexity index is 1410. The van der Waals surface area contributed by atoms with Gasteiger partial charge in [0, 0.05) is 50.3 Å². The van der Waals surface area contributed by atoms with Crippen molar-refractivity contribution in [3.63, 3.8) is 0 Å². The summed E-state index contributed by atoms with van der Waals surface area (Å²) in [5.41, 5.74) is 1.45. The first kappa shape index (κ1) is 29.7. The van der Waals surface area contributed by atoms with Crippen LogP contribution in [0.25, 0.3) is 22.0 Å². The van der Waals surface area contributed by atoms with Gasteiger partial charge in [0.1, 0.15) is 29.0 Å². The van der Waals surface area contributed by atoms with Crippen molar-refractivity contribution >= 4 is 46.1 Å². The van der Waals surface area contributed by atoms with E-state index in [2.05, 4.69) is 4.98 Å². The number of halogens is 2. The average molecular weight is 590 g/mol. The van der Waals surface area contributed by atoms with Gasteiger partial charge in [-0.15, -0.1) is 0 Å². The molecular formula is C29H34Cl2N4O5. The second-order valence-corrected chi connectivity index (χ2v) is 11.8. The number of hydrogen-bond acceptors (Lipinski definition) is 7. The highest BCUT2D eigenvalue weighted by Crippen LogP contribution is 2.46. The Balaban J connectivity index is 1.59. The lowest BCUT2D eigenvalue weighted by atomic mass is 10.0. The fourth-order valence-electron chi connectivity index (χ4n) is 4.85. The van der Waals surface area contributed by atoms with Crippen molar-refractivity contribution in [3.8, 4) is 22.6 Å². The van der Waals surface area contributed by atoms with E-state index in [0.717, 1.165) is 16.5 Å². The topological polar surface area (TPSA) is 94.1 Å². The summed E-state index contributed by atoms with van der Waals surface area (Å²) in [6.07, 6.45) is 2.28. The number of likely N-dealkylation sites (tertiary alicyclic amines) is 1. The molecular weight excluding hydrogens is 555 g/mol. The zero-order chi connectivity index (χ0) is 29.4. The van der Waals surface area contributed by atoms with Crippen LogP contribution in [0.3, 0.4) is 0 Å². The quantitative estimate of drug-likeness (QED) is 0.355. The Kier molecular flexibility index (Phi) is 8.66. The molecule has 1 aliphatic rings. The summed E-state index contributed by atoms with van der Waals surface area (Å²) in [6, 6.07) is 6.74. The molecule has 2 heterocycles. The SMILES string of the molecule is COc1cc(OC)c(Cl)c(-c2ccc3nc(C[C@H]4C[C@@H](C(=O)N(C)C)N(C(=O)OC(C)(C)C)C4)ncc3c2)c1Cl. The summed E-state index contributed by atoms with van der Waals surface area (Å²) in [4.78, 5) is 38.2. The van der Waals surface area contributed by atoms with Crippen molar-refractivity contribution in [2.75, 3.05) is 34.9 Å². The minimum Gasteiger partial charge on any atom is -0.495 e. The predicted molar refractivity (Wildman–Crippen MR) is 155 cm³/mol. The van der Waals surface area contributed by atoms with Crippen molar-refractivity contribution in [1.82, 2.24) is 19.8 Å². The smallest absolute Gasteiger partial charge is 0.410 e. The van der Waals surface area contributed by atoms with Crippen molar-refractivity contribution in [3.05, 3.63) is 46.3 Å². The van der Waals surface area contributed by atoms with Crippen LogP contribution in [0.4, 0.5) is 4.79 Å². The van der Waals surface area contributed by atoms with E-state index in [4.69, 9.17) is 42.4 Å². The molecule has 1 aromatic heterocycles. The first-order valence-electron chi connectivity index (χ1n) is 12.9. The van der Waals surface area contributed by atoms with Crippen LogP contribution < -0.4 is 9.47 Å². The van der Waals surface area contributed by atoms with Crippen molar-refractivity contribution in [2.24, 2.45) is 5.92 Å². The number of carbonyl (C=O) groups excluding carboxylic acids is 2. The van der Waals surface area contributed by atoms with Gasteiger partial charge in [-0.25, -0.2) is 14.8 Å². The molecule has 3 aromatic rings. The number of ether oxygens (including phenoxy) is 3.